The van der Waals surface area contributed by atoms with Crippen molar-refractivity contribution in [3.05, 3.63) is 131 Å². The first-order valence-electron chi connectivity index (χ1n) is 16.6. The van der Waals surface area contributed by atoms with E-state index in [1.54, 1.807) is 42.5 Å². The second-order valence-electron chi connectivity index (χ2n) is 11.4. The van der Waals surface area contributed by atoms with Gasteiger partial charge in [0.25, 0.3) is 0 Å². The number of fused-ring (bicyclic) bond motifs is 2. The molecule has 1 fully saturated rings. The number of methoxy groups -OCH3 is 2. The topological polar surface area (TPSA) is 121 Å². The van der Waals surface area contributed by atoms with Gasteiger partial charge in [0, 0.05) is 53.2 Å². The van der Waals surface area contributed by atoms with Gasteiger partial charge in [0.1, 0.15) is 18.1 Å². The van der Waals surface area contributed by atoms with Crippen molar-refractivity contribution in [3.8, 4) is 11.5 Å². The van der Waals surface area contributed by atoms with Crippen molar-refractivity contribution in [2.45, 2.75) is 25.9 Å². The third-order valence-corrected chi connectivity index (χ3v) is 8.23. The van der Waals surface area contributed by atoms with E-state index in [0.29, 0.717) is 40.9 Å². The summed E-state index contributed by atoms with van der Waals surface area (Å²) >= 11 is 11.4. The minimum Gasteiger partial charge on any atom is -0.508 e. The summed E-state index contributed by atoms with van der Waals surface area (Å²) in [7, 11) is 2.74. The van der Waals surface area contributed by atoms with Gasteiger partial charge in [-0.05, 0) is 96.4 Å². The average Bonchev–Trinajstić information content (AvgIpc) is 3.95. The minimum absolute atomic E-state index is 0.0756. The van der Waals surface area contributed by atoms with Crippen LogP contribution in [0.5, 0.6) is 11.5 Å². The van der Waals surface area contributed by atoms with E-state index in [4.69, 9.17) is 47.6 Å². The molecule has 1 aliphatic rings. The van der Waals surface area contributed by atoms with E-state index in [9.17, 15) is 9.59 Å². The molecule has 4 aromatic carbocycles. The fourth-order valence-corrected chi connectivity index (χ4v) is 5.53. The van der Waals surface area contributed by atoms with E-state index >= 15 is 0 Å². The number of hydrogen-bond acceptors (Lipinski definition) is 8. The lowest BCUT2D eigenvalue weighted by Crippen LogP contribution is -2.08. The van der Waals surface area contributed by atoms with Crippen molar-refractivity contribution in [1.82, 2.24) is 9.13 Å². The van der Waals surface area contributed by atoms with Gasteiger partial charge in [-0.25, -0.2) is 9.59 Å². The second kappa shape index (κ2) is 20.8. The number of benzene rings is 4. The quantitative estimate of drug-likeness (QED) is 0.149. The van der Waals surface area contributed by atoms with Crippen LogP contribution >= 0.6 is 23.2 Å². The molecule has 52 heavy (non-hydrogen) atoms. The van der Waals surface area contributed by atoms with Crippen molar-refractivity contribution in [1.29, 1.82) is 0 Å². The first-order chi connectivity index (χ1) is 25.2. The van der Waals surface area contributed by atoms with Crippen LogP contribution in [-0.4, -0.2) is 71.9 Å². The van der Waals surface area contributed by atoms with Crippen molar-refractivity contribution >= 4 is 56.9 Å². The van der Waals surface area contributed by atoms with E-state index in [2.05, 4.69) is 4.74 Å². The zero-order valence-electron chi connectivity index (χ0n) is 29.0. The second-order valence-corrected chi connectivity index (χ2v) is 12.3. The number of nitrogens with zero attached hydrogens (tertiary/aromatic N) is 2. The third kappa shape index (κ3) is 12.1. The van der Waals surface area contributed by atoms with Gasteiger partial charge in [-0.3, -0.25) is 0 Å². The number of aromatic hydroxyl groups is 1. The van der Waals surface area contributed by atoms with E-state index in [1.165, 1.54) is 33.1 Å². The van der Waals surface area contributed by atoms with Crippen LogP contribution in [0.15, 0.2) is 109 Å². The van der Waals surface area contributed by atoms with Crippen LogP contribution in [-0.2, 0) is 27.3 Å². The monoisotopic (exact) mass is 748 g/mol. The normalized spacial score (nSPS) is 11.7. The molecule has 12 heteroatoms. The molecule has 7 rings (SSSR count). The number of hydrogen-bond donors (Lipinski definition) is 2. The van der Waals surface area contributed by atoms with Crippen LogP contribution < -0.4 is 4.74 Å². The molecule has 0 radical (unpaired) electrons. The molecule has 0 unspecified atom stereocenters. The van der Waals surface area contributed by atoms with Crippen LogP contribution in [0.1, 0.15) is 33.6 Å². The van der Waals surface area contributed by atoms with Crippen molar-refractivity contribution in [2.24, 2.45) is 0 Å². The number of esters is 2. The molecule has 0 bridgehead atoms. The summed E-state index contributed by atoms with van der Waals surface area (Å²) < 4.78 is 24.0. The number of aromatic nitrogens is 2. The predicted octanol–water partition coefficient (Wildman–Crippen LogP) is 8.42. The van der Waals surface area contributed by atoms with Crippen LogP contribution in [0, 0.1) is 0 Å². The number of aliphatic hydroxyl groups is 1. The van der Waals surface area contributed by atoms with Gasteiger partial charge in [-0.1, -0.05) is 47.5 Å². The third-order valence-electron chi connectivity index (χ3n) is 7.76. The average molecular weight is 750 g/mol. The van der Waals surface area contributed by atoms with Crippen LogP contribution in [0.3, 0.4) is 0 Å². The maximum absolute atomic E-state index is 11.7. The lowest BCUT2D eigenvalue weighted by molar-refractivity contribution is 0.0592. The fraction of sp³-hybridized carbons (Fsp3) is 0.250. The molecule has 0 spiro atoms. The van der Waals surface area contributed by atoms with Gasteiger partial charge in [0.2, 0.25) is 0 Å². The molecule has 274 valence electrons. The number of rotatable bonds is 8. The minimum atomic E-state index is -0.348. The van der Waals surface area contributed by atoms with E-state index in [1.807, 2.05) is 70.1 Å². The Hall–Kier alpha value is -5.00. The summed E-state index contributed by atoms with van der Waals surface area (Å²) in [5.74, 6) is 0.259. The predicted molar refractivity (Wildman–Crippen MR) is 204 cm³/mol. The zero-order valence-corrected chi connectivity index (χ0v) is 30.6. The Kier molecular flexibility index (Phi) is 15.9. The summed E-state index contributed by atoms with van der Waals surface area (Å²) in [5.41, 5.74) is 2.96. The highest BCUT2D eigenvalue weighted by Crippen LogP contribution is 2.21. The van der Waals surface area contributed by atoms with Crippen LogP contribution in [0.2, 0.25) is 10.0 Å². The Morgan fingerprint density at radius 3 is 1.69 bits per heavy atom. The maximum Gasteiger partial charge on any atom is 0.337 e. The molecule has 0 saturated carbocycles. The molecule has 1 saturated heterocycles. The summed E-state index contributed by atoms with van der Waals surface area (Å²) in [6.45, 7) is 3.77. The molecule has 6 aromatic rings. The molecule has 2 N–H and O–H groups in total. The van der Waals surface area contributed by atoms with Gasteiger partial charge in [-0.15, -0.1) is 0 Å². The molecule has 3 heterocycles. The lowest BCUT2D eigenvalue weighted by atomic mass is 10.1. The molecule has 2 aromatic heterocycles. The van der Waals surface area contributed by atoms with E-state index in [-0.39, 0.29) is 24.3 Å². The number of carbonyl (C=O) groups is 2. The van der Waals surface area contributed by atoms with Gasteiger partial charge in [0.05, 0.1) is 38.5 Å². The van der Waals surface area contributed by atoms with Gasteiger partial charge < -0.3 is 38.3 Å². The SMILES string of the molecule is C1CCOC1.COC(=O)c1ccc2ccn(CCO)c2c1.COC(=O)c1ccc2ccn(CCOc3cccc(Cl)c3)c2c1.Oc1cccc(Cl)c1. The Morgan fingerprint density at radius 1 is 0.712 bits per heavy atom. The van der Waals surface area contributed by atoms with Gasteiger partial charge >= 0.3 is 11.9 Å². The Bertz CT molecular complexity index is 2010. The van der Waals surface area contributed by atoms with Crippen molar-refractivity contribution in [2.75, 3.05) is 40.6 Å². The van der Waals surface area contributed by atoms with Crippen molar-refractivity contribution < 1.29 is 38.7 Å². The lowest BCUT2D eigenvalue weighted by Gasteiger charge is -2.09. The Morgan fingerprint density at radius 2 is 1.25 bits per heavy atom. The van der Waals surface area contributed by atoms with Gasteiger partial charge in [-0.2, -0.15) is 0 Å². The first kappa shape index (κ1) is 39.8. The highest BCUT2D eigenvalue weighted by molar-refractivity contribution is 6.31. The van der Waals surface area contributed by atoms with Crippen LogP contribution in [0.25, 0.3) is 21.8 Å². The number of aliphatic hydroxyl groups excluding tert-OH is 1. The highest BCUT2D eigenvalue weighted by Gasteiger charge is 2.10. The Labute approximate surface area is 312 Å². The number of carbonyl (C=O) groups excluding carboxylic acids is 2. The van der Waals surface area contributed by atoms with Gasteiger partial charge in [0.15, 0.2) is 0 Å². The summed E-state index contributed by atoms with van der Waals surface area (Å²) in [4.78, 5) is 23.0. The van der Waals surface area contributed by atoms with E-state index < -0.39 is 0 Å². The fourth-order valence-electron chi connectivity index (χ4n) is 5.16. The first-order valence-corrected chi connectivity index (χ1v) is 17.3. The summed E-state index contributed by atoms with van der Waals surface area (Å²) in [6.07, 6.45) is 6.43. The molecule has 0 atom stereocenters. The maximum atomic E-state index is 11.7. The molecule has 10 nitrogen and oxygen atoms in total. The summed E-state index contributed by atoms with van der Waals surface area (Å²) in [6, 6.07) is 28.6. The molecule has 0 amide bonds. The number of phenolic OH excluding ortho intramolecular Hbond substituents is 1. The molecular formula is C40H42Cl2N2O8. The number of phenols is 1. The smallest absolute Gasteiger partial charge is 0.337 e. The van der Waals surface area contributed by atoms with Crippen LogP contribution in [0.4, 0.5) is 0 Å². The molecule has 0 aliphatic carbocycles. The zero-order chi connectivity index (χ0) is 37.3. The largest absolute Gasteiger partial charge is 0.508 e. The number of halogens is 2. The number of ether oxygens (including phenoxy) is 4. The molecule has 1 aliphatic heterocycles. The summed E-state index contributed by atoms with van der Waals surface area (Å²) in [5, 5.41) is 21.0. The standard InChI is InChI=1S/C18H16ClNO3.C12H13NO3.C6H5ClO.C4H8O/c1-22-18(21)14-6-5-13-7-8-20(17(13)11-14)9-10-23-16-4-2-3-15(19)12-16;1-16-12(15)10-3-2-9-4-5-13(6-7-14)11(9)8-10;7-5-2-1-3-6(8)4-5;1-2-4-5-3-1/h2-8,11-12H,9-10H2,1H3;2-5,8,14H,6-7H2,1H3;1-4,8H;1-4H2. The molecular weight excluding hydrogens is 707 g/mol. The highest BCUT2D eigenvalue weighted by atomic mass is 35.5. The Balaban J connectivity index is 0.000000178. The van der Waals surface area contributed by atoms with Crippen molar-refractivity contribution in [3.63, 3.8) is 0 Å². The van der Waals surface area contributed by atoms with E-state index in [0.717, 1.165) is 40.8 Å².